The molecule has 0 saturated heterocycles. The lowest BCUT2D eigenvalue weighted by atomic mass is 10.1. The number of aromatic amines is 1. The maximum Gasteiger partial charge on any atom is 0.269 e. The van der Waals surface area contributed by atoms with Crippen LogP contribution in [0.2, 0.25) is 0 Å². The standard InChI is InChI=1S/C17H9F2N3OS/c18-9-4-5-10(12(19)7-9)11-8-24-15-14(11)21-16(22-17(15)23)13-3-1-2-6-20-13/h1-8H,(H,21,22,23). The monoisotopic (exact) mass is 341 g/mol. The Morgan fingerprint density at radius 3 is 2.71 bits per heavy atom. The van der Waals surface area contributed by atoms with Gasteiger partial charge in [0.25, 0.3) is 5.56 Å². The summed E-state index contributed by atoms with van der Waals surface area (Å²) in [6, 6.07) is 8.58. The summed E-state index contributed by atoms with van der Waals surface area (Å²) >= 11 is 1.17. The van der Waals surface area contributed by atoms with E-state index in [9.17, 15) is 13.6 Å². The van der Waals surface area contributed by atoms with E-state index in [4.69, 9.17) is 0 Å². The van der Waals surface area contributed by atoms with Crippen molar-refractivity contribution in [2.75, 3.05) is 0 Å². The topological polar surface area (TPSA) is 58.6 Å². The molecule has 1 aromatic carbocycles. The molecule has 0 spiro atoms. The van der Waals surface area contributed by atoms with Crippen LogP contribution in [0.25, 0.3) is 32.9 Å². The number of nitrogens with one attached hydrogen (secondary N) is 1. The fraction of sp³-hybridized carbons (Fsp3) is 0. The average Bonchev–Trinajstić information content (AvgIpc) is 3.00. The van der Waals surface area contributed by atoms with Gasteiger partial charge in [0.1, 0.15) is 22.0 Å². The molecule has 3 aromatic heterocycles. The summed E-state index contributed by atoms with van der Waals surface area (Å²) in [7, 11) is 0. The lowest BCUT2D eigenvalue weighted by Crippen LogP contribution is -2.08. The minimum absolute atomic E-state index is 0.202. The molecule has 0 atom stereocenters. The van der Waals surface area contributed by atoms with Crippen molar-refractivity contribution in [3.8, 4) is 22.6 Å². The summed E-state index contributed by atoms with van der Waals surface area (Å²) in [5.41, 5.74) is 1.21. The molecule has 4 nitrogen and oxygen atoms in total. The molecule has 0 saturated carbocycles. The van der Waals surface area contributed by atoms with Crippen LogP contribution in [0.15, 0.2) is 52.8 Å². The zero-order valence-electron chi connectivity index (χ0n) is 12.1. The van der Waals surface area contributed by atoms with E-state index >= 15 is 0 Å². The first kappa shape index (κ1) is 14.6. The third-order valence-electron chi connectivity index (χ3n) is 3.56. The van der Waals surface area contributed by atoms with Crippen LogP contribution in [0.3, 0.4) is 0 Å². The highest BCUT2D eigenvalue weighted by molar-refractivity contribution is 7.17. The molecule has 0 unspecified atom stereocenters. The van der Waals surface area contributed by atoms with E-state index in [1.54, 1.807) is 29.8 Å². The predicted octanol–water partition coefficient (Wildman–Crippen LogP) is 3.99. The summed E-state index contributed by atoms with van der Waals surface area (Å²) in [6.45, 7) is 0. The molecule has 0 fully saturated rings. The highest BCUT2D eigenvalue weighted by Crippen LogP contribution is 2.33. The number of pyridine rings is 1. The summed E-state index contributed by atoms with van der Waals surface area (Å²) in [5.74, 6) is -1.05. The van der Waals surface area contributed by atoms with Gasteiger partial charge in [-0.25, -0.2) is 13.8 Å². The van der Waals surface area contributed by atoms with Gasteiger partial charge in [0.05, 0.1) is 5.52 Å². The number of benzene rings is 1. The second-order valence-corrected chi connectivity index (χ2v) is 5.96. The zero-order chi connectivity index (χ0) is 16.7. The third kappa shape index (κ3) is 2.39. The first-order valence-corrected chi connectivity index (χ1v) is 7.90. The van der Waals surface area contributed by atoms with Crippen LogP contribution < -0.4 is 5.56 Å². The molecule has 118 valence electrons. The third-order valence-corrected chi connectivity index (χ3v) is 4.52. The van der Waals surface area contributed by atoms with Gasteiger partial charge in [-0.05, 0) is 24.3 Å². The second kappa shape index (κ2) is 5.61. The molecular weight excluding hydrogens is 332 g/mol. The molecule has 0 amide bonds. The maximum atomic E-state index is 14.1. The van der Waals surface area contributed by atoms with Gasteiger partial charge in [0.2, 0.25) is 0 Å². The smallest absolute Gasteiger partial charge is 0.269 e. The first-order chi connectivity index (χ1) is 11.6. The molecule has 0 bridgehead atoms. The Hall–Kier alpha value is -2.93. The largest absolute Gasteiger partial charge is 0.304 e. The number of nitrogens with zero attached hydrogens (tertiary/aromatic N) is 2. The highest BCUT2D eigenvalue weighted by Gasteiger charge is 2.16. The van der Waals surface area contributed by atoms with Crippen molar-refractivity contribution < 1.29 is 8.78 Å². The van der Waals surface area contributed by atoms with Crippen LogP contribution in [0.1, 0.15) is 0 Å². The van der Waals surface area contributed by atoms with Crippen LogP contribution in [0.5, 0.6) is 0 Å². The van der Waals surface area contributed by atoms with Crippen LogP contribution in [0.4, 0.5) is 8.78 Å². The molecule has 24 heavy (non-hydrogen) atoms. The van der Waals surface area contributed by atoms with Gasteiger partial charge in [0.15, 0.2) is 5.82 Å². The van der Waals surface area contributed by atoms with Gasteiger partial charge in [-0.15, -0.1) is 11.3 Å². The lowest BCUT2D eigenvalue weighted by molar-refractivity contribution is 0.585. The quantitative estimate of drug-likeness (QED) is 0.600. The Kier molecular flexibility index (Phi) is 3.42. The van der Waals surface area contributed by atoms with Crippen LogP contribution in [-0.2, 0) is 0 Å². The van der Waals surface area contributed by atoms with Gasteiger partial charge < -0.3 is 4.98 Å². The fourth-order valence-corrected chi connectivity index (χ4v) is 3.35. The molecular formula is C17H9F2N3OS. The molecule has 0 aliphatic carbocycles. The van der Waals surface area contributed by atoms with E-state index < -0.39 is 11.6 Å². The number of H-pyrrole nitrogens is 1. The van der Waals surface area contributed by atoms with Crippen molar-refractivity contribution in [1.82, 2.24) is 15.0 Å². The van der Waals surface area contributed by atoms with E-state index in [-0.39, 0.29) is 11.1 Å². The molecule has 0 aliphatic rings. The number of aromatic nitrogens is 3. The number of rotatable bonds is 2. The van der Waals surface area contributed by atoms with E-state index in [0.717, 1.165) is 6.07 Å². The van der Waals surface area contributed by atoms with Gasteiger partial charge in [0, 0.05) is 28.8 Å². The van der Waals surface area contributed by atoms with Crippen molar-refractivity contribution in [3.05, 3.63) is 70.0 Å². The second-order valence-electron chi connectivity index (χ2n) is 5.08. The van der Waals surface area contributed by atoms with Crippen molar-refractivity contribution in [3.63, 3.8) is 0 Å². The maximum absolute atomic E-state index is 14.1. The van der Waals surface area contributed by atoms with Crippen LogP contribution >= 0.6 is 11.3 Å². The van der Waals surface area contributed by atoms with Crippen molar-refractivity contribution >= 4 is 21.6 Å². The molecule has 4 aromatic rings. The molecule has 4 rings (SSSR count). The fourth-order valence-electron chi connectivity index (χ4n) is 2.45. The van der Waals surface area contributed by atoms with Gasteiger partial charge in [-0.2, -0.15) is 0 Å². The van der Waals surface area contributed by atoms with Crippen LogP contribution in [0, 0.1) is 11.6 Å². The molecule has 1 N–H and O–H groups in total. The molecule has 7 heteroatoms. The Bertz CT molecular complexity index is 1110. The predicted molar refractivity (Wildman–Crippen MR) is 88.8 cm³/mol. The number of halogens is 2. The number of thiophene rings is 1. The van der Waals surface area contributed by atoms with E-state index in [1.807, 2.05) is 0 Å². The SMILES string of the molecule is O=c1[nH]c(-c2ccccn2)nc2c(-c3ccc(F)cc3F)csc12. The Morgan fingerprint density at radius 2 is 1.96 bits per heavy atom. The zero-order valence-corrected chi connectivity index (χ0v) is 12.9. The van der Waals surface area contributed by atoms with E-state index in [2.05, 4.69) is 15.0 Å². The summed E-state index contributed by atoms with van der Waals surface area (Å²) in [6.07, 6.45) is 1.59. The van der Waals surface area contributed by atoms with Crippen LogP contribution in [-0.4, -0.2) is 15.0 Å². The van der Waals surface area contributed by atoms with Gasteiger partial charge >= 0.3 is 0 Å². The minimum Gasteiger partial charge on any atom is -0.304 e. The summed E-state index contributed by atoms with van der Waals surface area (Å²) in [5, 5.41) is 1.64. The minimum atomic E-state index is -0.698. The number of hydrogen-bond donors (Lipinski definition) is 1. The first-order valence-electron chi connectivity index (χ1n) is 7.02. The summed E-state index contributed by atoms with van der Waals surface area (Å²) < 4.78 is 27.6. The highest BCUT2D eigenvalue weighted by atomic mass is 32.1. The Morgan fingerprint density at radius 1 is 1.08 bits per heavy atom. The van der Waals surface area contributed by atoms with Gasteiger partial charge in [-0.3, -0.25) is 9.78 Å². The van der Waals surface area contributed by atoms with E-state index in [1.165, 1.54) is 23.5 Å². The van der Waals surface area contributed by atoms with Crippen molar-refractivity contribution in [2.45, 2.75) is 0 Å². The Balaban J connectivity index is 1.98. The lowest BCUT2D eigenvalue weighted by Gasteiger charge is -2.04. The number of hydrogen-bond acceptors (Lipinski definition) is 4. The molecule has 0 aliphatic heterocycles. The average molecular weight is 341 g/mol. The summed E-state index contributed by atoms with van der Waals surface area (Å²) in [4.78, 5) is 23.6. The normalized spacial score (nSPS) is 11.1. The van der Waals surface area contributed by atoms with Crippen molar-refractivity contribution in [2.24, 2.45) is 0 Å². The van der Waals surface area contributed by atoms with E-state index in [0.29, 0.717) is 27.3 Å². The molecule has 0 radical (unpaired) electrons. The molecule has 3 heterocycles. The number of fused-ring (bicyclic) bond motifs is 1. The Labute approximate surface area is 138 Å². The van der Waals surface area contributed by atoms with Crippen molar-refractivity contribution in [1.29, 1.82) is 0 Å². The van der Waals surface area contributed by atoms with Gasteiger partial charge in [-0.1, -0.05) is 6.07 Å².